The van der Waals surface area contributed by atoms with Gasteiger partial charge in [0.25, 0.3) is 5.91 Å². The molecule has 1 amide bonds. The number of hydrogen-bond donors (Lipinski definition) is 3. The minimum atomic E-state index is -0.859. The van der Waals surface area contributed by atoms with E-state index in [1.807, 2.05) is 0 Å². The van der Waals surface area contributed by atoms with Crippen LogP contribution in [0.15, 0.2) is 18.5 Å². The molecule has 0 radical (unpaired) electrons. The number of aliphatic hydroxyl groups excluding tert-OH is 1. The Hall–Kier alpha value is -1.28. The van der Waals surface area contributed by atoms with Gasteiger partial charge in [-0.2, -0.15) is 0 Å². The second-order valence-electron chi connectivity index (χ2n) is 6.54. The lowest BCUT2D eigenvalue weighted by Gasteiger charge is -2.52. The molecule has 0 aromatic carbocycles. The molecular weight excluding hydrogens is 337 g/mol. The molecule has 24 heavy (non-hydrogen) atoms. The highest BCUT2D eigenvalue weighted by molar-refractivity contribution is 5.94. The Kier molecular flexibility index (Phi) is 5.80. The molecule has 1 aromatic rings. The van der Waals surface area contributed by atoms with E-state index < -0.39 is 29.0 Å². The van der Waals surface area contributed by atoms with E-state index in [-0.39, 0.29) is 18.0 Å². The van der Waals surface area contributed by atoms with Crippen molar-refractivity contribution in [3.63, 3.8) is 0 Å². The van der Waals surface area contributed by atoms with Crippen molar-refractivity contribution in [2.24, 2.45) is 0 Å². The highest BCUT2D eigenvalue weighted by Gasteiger charge is 2.53. The maximum Gasteiger partial charge on any atom is 0.254 e. The Morgan fingerprint density at radius 2 is 2.17 bits per heavy atom. The van der Waals surface area contributed by atoms with E-state index in [0.717, 1.165) is 19.3 Å². The number of aromatic nitrogens is 1. The first-order valence-corrected chi connectivity index (χ1v) is 7.92. The molecule has 0 bridgehead atoms. The quantitative estimate of drug-likeness (QED) is 0.734. The molecule has 2 atom stereocenters. The van der Waals surface area contributed by atoms with Crippen molar-refractivity contribution in [1.29, 1.82) is 0 Å². The van der Waals surface area contributed by atoms with Gasteiger partial charge in [0.2, 0.25) is 0 Å². The SMILES string of the molecule is C[C@@]1(NC(=O)c2ccncc2F)CCOC2(CCNCC2)[C@H]1O.Cl. The van der Waals surface area contributed by atoms with Gasteiger partial charge in [0.05, 0.1) is 22.9 Å². The third-order valence-corrected chi connectivity index (χ3v) is 4.98. The number of nitrogens with one attached hydrogen (secondary N) is 2. The van der Waals surface area contributed by atoms with Crippen LogP contribution in [0.1, 0.15) is 36.5 Å². The number of ether oxygens (including phenoxy) is 1. The predicted octanol–water partition coefficient (Wildman–Crippen LogP) is 1.03. The first-order chi connectivity index (χ1) is 11.0. The number of hydrogen-bond acceptors (Lipinski definition) is 5. The van der Waals surface area contributed by atoms with Gasteiger partial charge in [0.1, 0.15) is 6.10 Å². The summed E-state index contributed by atoms with van der Waals surface area (Å²) in [7, 11) is 0. The number of aliphatic hydroxyl groups is 1. The Bertz CT molecular complexity index is 592. The number of piperidine rings is 1. The first-order valence-electron chi connectivity index (χ1n) is 7.92. The number of rotatable bonds is 2. The zero-order chi connectivity index (χ0) is 16.5. The molecule has 2 fully saturated rings. The van der Waals surface area contributed by atoms with Crippen molar-refractivity contribution in [2.45, 2.75) is 43.4 Å². The molecule has 2 aliphatic heterocycles. The van der Waals surface area contributed by atoms with E-state index in [2.05, 4.69) is 15.6 Å². The van der Waals surface area contributed by atoms with Gasteiger partial charge in [-0.25, -0.2) is 4.39 Å². The molecular formula is C16H23ClFN3O3. The average Bonchev–Trinajstić information content (AvgIpc) is 2.54. The standard InChI is InChI=1S/C16H22FN3O3.ClH/c1-15(20-13(21)11-2-6-19-10-12(11)17)5-9-23-16(14(15)22)3-7-18-8-4-16;/h2,6,10,14,18,22H,3-5,7-9H2,1H3,(H,20,21);1H/t14-,15+;/m0./s1. The summed E-state index contributed by atoms with van der Waals surface area (Å²) in [6.07, 6.45) is 3.37. The molecule has 0 aliphatic carbocycles. The highest BCUT2D eigenvalue weighted by Crippen LogP contribution is 2.38. The second kappa shape index (κ2) is 7.31. The molecule has 3 rings (SSSR count). The summed E-state index contributed by atoms with van der Waals surface area (Å²) in [5, 5.41) is 17.0. The van der Waals surface area contributed by atoms with Gasteiger partial charge in [0, 0.05) is 12.8 Å². The molecule has 0 unspecified atom stereocenters. The van der Waals surface area contributed by atoms with Crippen molar-refractivity contribution < 1.29 is 19.0 Å². The van der Waals surface area contributed by atoms with E-state index in [4.69, 9.17) is 4.74 Å². The van der Waals surface area contributed by atoms with Crippen molar-refractivity contribution in [1.82, 2.24) is 15.6 Å². The van der Waals surface area contributed by atoms with Gasteiger partial charge in [0.15, 0.2) is 5.82 Å². The van der Waals surface area contributed by atoms with Crippen molar-refractivity contribution in [2.75, 3.05) is 19.7 Å². The monoisotopic (exact) mass is 359 g/mol. The maximum atomic E-state index is 13.7. The number of carbonyl (C=O) groups is 1. The van der Waals surface area contributed by atoms with Crippen LogP contribution in [-0.2, 0) is 4.74 Å². The van der Waals surface area contributed by atoms with Gasteiger partial charge in [-0.1, -0.05) is 0 Å². The summed E-state index contributed by atoms with van der Waals surface area (Å²) in [6, 6.07) is 1.33. The maximum absolute atomic E-state index is 13.7. The number of amides is 1. The van der Waals surface area contributed by atoms with Gasteiger partial charge in [-0.3, -0.25) is 9.78 Å². The fraction of sp³-hybridized carbons (Fsp3) is 0.625. The first kappa shape index (κ1) is 19.1. The smallest absolute Gasteiger partial charge is 0.254 e. The van der Waals surface area contributed by atoms with Gasteiger partial charge >= 0.3 is 0 Å². The Morgan fingerprint density at radius 1 is 1.46 bits per heavy atom. The van der Waals surface area contributed by atoms with Crippen LogP contribution in [0.2, 0.25) is 0 Å². The van der Waals surface area contributed by atoms with Crippen LogP contribution in [0, 0.1) is 5.82 Å². The number of nitrogens with zero attached hydrogens (tertiary/aromatic N) is 1. The Labute approximate surface area is 146 Å². The summed E-state index contributed by atoms with van der Waals surface area (Å²) in [5.74, 6) is -1.22. The normalized spacial score (nSPS) is 28.9. The molecule has 2 saturated heterocycles. The van der Waals surface area contributed by atoms with E-state index in [1.165, 1.54) is 12.3 Å². The Balaban J connectivity index is 0.00000208. The third-order valence-electron chi connectivity index (χ3n) is 4.98. The van der Waals surface area contributed by atoms with Crippen LogP contribution in [-0.4, -0.2) is 52.9 Å². The fourth-order valence-corrected chi connectivity index (χ4v) is 3.55. The minimum absolute atomic E-state index is 0. The van der Waals surface area contributed by atoms with Crippen LogP contribution in [0.25, 0.3) is 0 Å². The Morgan fingerprint density at radius 3 is 2.83 bits per heavy atom. The molecule has 134 valence electrons. The lowest BCUT2D eigenvalue weighted by molar-refractivity contribution is -0.197. The van der Waals surface area contributed by atoms with E-state index in [9.17, 15) is 14.3 Å². The number of pyridine rings is 1. The summed E-state index contributed by atoms with van der Waals surface area (Å²) in [6.45, 7) is 3.77. The van der Waals surface area contributed by atoms with E-state index in [1.54, 1.807) is 6.92 Å². The topological polar surface area (TPSA) is 83.5 Å². The molecule has 8 heteroatoms. The zero-order valence-electron chi connectivity index (χ0n) is 13.5. The van der Waals surface area contributed by atoms with Crippen LogP contribution in [0.4, 0.5) is 4.39 Å². The van der Waals surface area contributed by atoms with Crippen molar-refractivity contribution in [3.8, 4) is 0 Å². The summed E-state index contributed by atoms with van der Waals surface area (Å²) in [4.78, 5) is 16.1. The molecule has 3 N–H and O–H groups in total. The lowest BCUT2D eigenvalue weighted by atomic mass is 9.73. The molecule has 1 spiro atoms. The second-order valence-corrected chi connectivity index (χ2v) is 6.54. The number of halogens is 2. The van der Waals surface area contributed by atoms with Crippen LogP contribution >= 0.6 is 12.4 Å². The molecule has 1 aromatic heterocycles. The van der Waals surface area contributed by atoms with Crippen LogP contribution in [0.3, 0.4) is 0 Å². The van der Waals surface area contributed by atoms with Crippen molar-refractivity contribution >= 4 is 18.3 Å². The largest absolute Gasteiger partial charge is 0.388 e. The van der Waals surface area contributed by atoms with Gasteiger partial charge < -0.3 is 20.5 Å². The van der Waals surface area contributed by atoms with E-state index >= 15 is 0 Å². The minimum Gasteiger partial charge on any atom is -0.388 e. The average molecular weight is 360 g/mol. The summed E-state index contributed by atoms with van der Waals surface area (Å²) < 4.78 is 19.6. The lowest BCUT2D eigenvalue weighted by Crippen LogP contribution is -2.69. The summed E-state index contributed by atoms with van der Waals surface area (Å²) >= 11 is 0. The van der Waals surface area contributed by atoms with Gasteiger partial charge in [-0.15, -0.1) is 12.4 Å². The van der Waals surface area contributed by atoms with E-state index in [0.29, 0.717) is 25.9 Å². The van der Waals surface area contributed by atoms with Crippen molar-refractivity contribution in [3.05, 3.63) is 29.8 Å². The zero-order valence-corrected chi connectivity index (χ0v) is 14.4. The molecule has 2 aliphatic rings. The predicted molar refractivity (Wildman–Crippen MR) is 88.7 cm³/mol. The fourth-order valence-electron chi connectivity index (χ4n) is 3.55. The van der Waals surface area contributed by atoms with Gasteiger partial charge in [-0.05, 0) is 45.3 Å². The molecule has 0 saturated carbocycles. The number of carbonyl (C=O) groups excluding carboxylic acids is 1. The van der Waals surface area contributed by atoms with Crippen LogP contribution < -0.4 is 10.6 Å². The third kappa shape index (κ3) is 3.39. The molecule has 3 heterocycles. The van der Waals surface area contributed by atoms with Crippen LogP contribution in [0.5, 0.6) is 0 Å². The summed E-state index contributed by atoms with van der Waals surface area (Å²) in [5.41, 5.74) is -1.58. The molecule has 6 nitrogen and oxygen atoms in total. The highest BCUT2D eigenvalue weighted by atomic mass is 35.5.